The molecule has 5 nitrogen and oxygen atoms in total. The van der Waals surface area contributed by atoms with Gasteiger partial charge in [-0.1, -0.05) is 44.2 Å². The van der Waals surface area contributed by atoms with Crippen molar-refractivity contribution in [1.29, 1.82) is 0 Å². The number of aldehydes is 1. The van der Waals surface area contributed by atoms with Gasteiger partial charge in [0, 0.05) is 11.1 Å². The number of benzene rings is 3. The highest BCUT2D eigenvalue weighted by Crippen LogP contribution is 2.42. The summed E-state index contributed by atoms with van der Waals surface area (Å²) in [7, 11) is 0. The lowest BCUT2D eigenvalue weighted by Crippen LogP contribution is -2.29. The molecule has 0 N–H and O–H groups in total. The highest BCUT2D eigenvalue weighted by atomic mass is 19.1. The van der Waals surface area contributed by atoms with E-state index >= 15 is 0 Å². The molecule has 6 rings (SSSR count). The van der Waals surface area contributed by atoms with Crippen LogP contribution in [0.2, 0.25) is 0 Å². The van der Waals surface area contributed by atoms with E-state index in [1.54, 1.807) is 42.5 Å². The van der Waals surface area contributed by atoms with E-state index in [2.05, 4.69) is 0 Å². The molecule has 0 bridgehead atoms. The summed E-state index contributed by atoms with van der Waals surface area (Å²) in [5.74, 6) is -0.997. The van der Waals surface area contributed by atoms with Crippen LogP contribution in [0.5, 0.6) is 0 Å². The Labute approximate surface area is 220 Å². The SMILES string of the molecule is CC(C)c1nc2c(c(-c3ccc(F)cc3)c1C=O)CCCc1cc(N3C(=O)c4ccccc4C3=O)ccc1-2. The van der Waals surface area contributed by atoms with Crippen LogP contribution < -0.4 is 4.90 Å². The number of amides is 2. The fourth-order valence-electron chi connectivity index (χ4n) is 5.67. The zero-order valence-electron chi connectivity index (χ0n) is 21.1. The maximum atomic E-state index is 13.8. The zero-order chi connectivity index (χ0) is 26.6. The minimum absolute atomic E-state index is 0.0102. The molecule has 4 aromatic rings. The number of fused-ring (bicyclic) bond motifs is 4. The Morgan fingerprint density at radius 1 is 0.895 bits per heavy atom. The van der Waals surface area contributed by atoms with E-state index < -0.39 is 0 Å². The van der Waals surface area contributed by atoms with Gasteiger partial charge in [0.1, 0.15) is 5.82 Å². The summed E-state index contributed by atoms with van der Waals surface area (Å²) in [6.07, 6.45) is 3.06. The lowest BCUT2D eigenvalue weighted by atomic mass is 9.87. The maximum absolute atomic E-state index is 13.8. The van der Waals surface area contributed by atoms with Gasteiger partial charge in [0.25, 0.3) is 11.8 Å². The van der Waals surface area contributed by atoms with Crippen LogP contribution in [0.1, 0.15) is 74.1 Å². The topological polar surface area (TPSA) is 67.3 Å². The lowest BCUT2D eigenvalue weighted by molar-refractivity contribution is 0.0925. The van der Waals surface area contributed by atoms with E-state index in [0.717, 1.165) is 52.6 Å². The second kappa shape index (κ2) is 9.14. The molecule has 188 valence electrons. The number of nitrogens with zero attached hydrogens (tertiary/aromatic N) is 2. The molecule has 0 saturated carbocycles. The Hall–Kier alpha value is -4.45. The molecular formula is C32H25FN2O3. The van der Waals surface area contributed by atoms with E-state index in [9.17, 15) is 18.8 Å². The molecule has 0 atom stereocenters. The van der Waals surface area contributed by atoms with Crippen LogP contribution in [-0.2, 0) is 12.8 Å². The minimum atomic E-state index is -0.336. The predicted molar refractivity (Wildman–Crippen MR) is 144 cm³/mol. The zero-order valence-corrected chi connectivity index (χ0v) is 21.1. The number of carbonyl (C=O) groups is 3. The molecule has 2 aliphatic rings. The van der Waals surface area contributed by atoms with Crippen molar-refractivity contribution in [2.75, 3.05) is 4.90 Å². The van der Waals surface area contributed by atoms with Crippen molar-refractivity contribution in [3.63, 3.8) is 0 Å². The number of hydrogen-bond donors (Lipinski definition) is 0. The average Bonchev–Trinajstić information content (AvgIpc) is 3.06. The first-order chi connectivity index (χ1) is 18.4. The van der Waals surface area contributed by atoms with E-state index in [-0.39, 0.29) is 23.5 Å². The summed E-state index contributed by atoms with van der Waals surface area (Å²) in [5.41, 5.74) is 7.81. The molecule has 1 aromatic heterocycles. The molecule has 6 heteroatoms. The number of hydrogen-bond acceptors (Lipinski definition) is 4. The fraction of sp³-hybridized carbons (Fsp3) is 0.188. The number of rotatable bonds is 4. The van der Waals surface area contributed by atoms with Gasteiger partial charge < -0.3 is 0 Å². The smallest absolute Gasteiger partial charge is 0.266 e. The van der Waals surface area contributed by atoms with Gasteiger partial charge in [0.05, 0.1) is 28.2 Å². The number of halogens is 1. The van der Waals surface area contributed by atoms with Gasteiger partial charge in [0.15, 0.2) is 6.29 Å². The molecule has 2 heterocycles. The van der Waals surface area contributed by atoms with Crippen molar-refractivity contribution in [2.24, 2.45) is 0 Å². The number of pyridine rings is 1. The van der Waals surface area contributed by atoms with Gasteiger partial charge >= 0.3 is 0 Å². The lowest BCUT2D eigenvalue weighted by Gasteiger charge is -2.21. The molecule has 2 amide bonds. The maximum Gasteiger partial charge on any atom is 0.266 e. The molecular weight excluding hydrogens is 479 g/mol. The predicted octanol–water partition coefficient (Wildman–Crippen LogP) is 6.78. The number of aromatic nitrogens is 1. The first-order valence-corrected chi connectivity index (χ1v) is 12.8. The van der Waals surface area contributed by atoms with Gasteiger partial charge in [-0.05, 0) is 83.8 Å². The van der Waals surface area contributed by atoms with Crippen LogP contribution >= 0.6 is 0 Å². The summed E-state index contributed by atoms with van der Waals surface area (Å²) in [6, 6.07) is 18.7. The quantitative estimate of drug-likeness (QED) is 0.227. The minimum Gasteiger partial charge on any atom is -0.298 e. The summed E-state index contributed by atoms with van der Waals surface area (Å²) >= 11 is 0. The number of aryl methyl sites for hydroxylation is 1. The first-order valence-electron chi connectivity index (χ1n) is 12.8. The second-order valence-corrected chi connectivity index (χ2v) is 10.1. The Morgan fingerprint density at radius 3 is 2.21 bits per heavy atom. The molecule has 0 fully saturated rings. The second-order valence-electron chi connectivity index (χ2n) is 10.1. The Morgan fingerprint density at radius 2 is 1.58 bits per heavy atom. The number of carbonyl (C=O) groups excluding carboxylic acids is 3. The van der Waals surface area contributed by atoms with Crippen LogP contribution in [0.3, 0.4) is 0 Å². The van der Waals surface area contributed by atoms with Crippen LogP contribution in [0, 0.1) is 5.82 Å². The monoisotopic (exact) mass is 504 g/mol. The van der Waals surface area contributed by atoms with E-state index in [1.807, 2.05) is 26.0 Å². The van der Waals surface area contributed by atoms with Crippen LogP contribution in [-0.4, -0.2) is 23.1 Å². The van der Waals surface area contributed by atoms with Crippen molar-refractivity contribution >= 4 is 23.8 Å². The highest BCUT2D eigenvalue weighted by Gasteiger charge is 2.37. The van der Waals surface area contributed by atoms with Gasteiger partial charge in [-0.15, -0.1) is 0 Å². The standard InChI is InChI=1S/C32H25FN2O3/c1-18(2)29-27(17-36)28(19-10-12-21(33)13-11-19)26-9-5-6-20-16-22(14-15-23(20)30(26)34-29)35-31(37)24-7-3-4-8-25(24)32(35)38/h3-4,7-8,10-18H,5-6,9H2,1-2H3. The third-order valence-electron chi connectivity index (χ3n) is 7.43. The summed E-state index contributed by atoms with van der Waals surface area (Å²) in [4.78, 5) is 44.8. The largest absolute Gasteiger partial charge is 0.298 e. The molecule has 3 aromatic carbocycles. The summed E-state index contributed by atoms with van der Waals surface area (Å²) in [6.45, 7) is 4.00. The van der Waals surface area contributed by atoms with E-state index in [4.69, 9.17) is 4.98 Å². The third kappa shape index (κ3) is 3.67. The van der Waals surface area contributed by atoms with Gasteiger partial charge in [-0.3, -0.25) is 19.4 Å². The Bertz CT molecular complexity index is 1600. The molecule has 1 aliphatic carbocycles. The Kier molecular flexibility index (Phi) is 5.75. The molecule has 38 heavy (non-hydrogen) atoms. The van der Waals surface area contributed by atoms with Crippen molar-refractivity contribution in [3.8, 4) is 22.4 Å². The molecule has 1 aliphatic heterocycles. The van der Waals surface area contributed by atoms with Crippen LogP contribution in [0.15, 0.2) is 66.7 Å². The van der Waals surface area contributed by atoms with Crippen molar-refractivity contribution < 1.29 is 18.8 Å². The average molecular weight is 505 g/mol. The normalized spacial score (nSPS) is 14.3. The van der Waals surface area contributed by atoms with Crippen LogP contribution in [0.25, 0.3) is 22.4 Å². The first kappa shape index (κ1) is 23.9. The number of anilines is 1. The summed E-state index contributed by atoms with van der Waals surface area (Å²) < 4.78 is 13.8. The third-order valence-corrected chi connectivity index (χ3v) is 7.43. The molecule has 0 radical (unpaired) electrons. The molecule has 0 spiro atoms. The Balaban J connectivity index is 1.53. The fourth-order valence-corrected chi connectivity index (χ4v) is 5.67. The molecule has 0 saturated heterocycles. The van der Waals surface area contributed by atoms with Crippen molar-refractivity contribution in [2.45, 2.75) is 39.0 Å². The summed E-state index contributed by atoms with van der Waals surface area (Å²) in [5, 5.41) is 0. The van der Waals surface area contributed by atoms with Gasteiger partial charge in [-0.2, -0.15) is 0 Å². The van der Waals surface area contributed by atoms with Gasteiger partial charge in [-0.25, -0.2) is 9.29 Å². The van der Waals surface area contributed by atoms with E-state index in [0.29, 0.717) is 34.5 Å². The highest BCUT2D eigenvalue weighted by molar-refractivity contribution is 6.34. The van der Waals surface area contributed by atoms with E-state index in [1.165, 1.54) is 17.0 Å². The number of imide groups is 1. The molecule has 0 unspecified atom stereocenters. The van der Waals surface area contributed by atoms with Crippen LogP contribution in [0.4, 0.5) is 10.1 Å². The van der Waals surface area contributed by atoms with Crippen molar-refractivity contribution in [3.05, 3.63) is 106 Å². The van der Waals surface area contributed by atoms with Gasteiger partial charge in [0.2, 0.25) is 0 Å². The van der Waals surface area contributed by atoms with Crippen molar-refractivity contribution in [1.82, 2.24) is 4.98 Å².